The van der Waals surface area contributed by atoms with E-state index in [0.717, 1.165) is 30.4 Å². The average molecular weight is 367 g/mol. The van der Waals surface area contributed by atoms with Crippen LogP contribution in [0.3, 0.4) is 0 Å². The number of nitrogens with zero attached hydrogens (tertiary/aromatic N) is 1. The van der Waals surface area contributed by atoms with Crippen LogP contribution in [0.2, 0.25) is 0 Å². The van der Waals surface area contributed by atoms with Crippen LogP contribution in [0, 0.1) is 11.3 Å². The van der Waals surface area contributed by atoms with Crippen LogP contribution < -0.4 is 5.32 Å². The minimum atomic E-state index is -1.07. The highest BCUT2D eigenvalue weighted by Gasteiger charge is 2.40. The van der Waals surface area contributed by atoms with E-state index in [4.69, 9.17) is 0 Å². The highest BCUT2D eigenvalue weighted by Crippen LogP contribution is 2.26. The first-order valence-electron chi connectivity index (χ1n) is 7.67. The first kappa shape index (κ1) is 17.0. The largest absolute Gasteiger partial charge is 0.342 e. The molecule has 1 fully saturated rings. The van der Waals surface area contributed by atoms with Gasteiger partial charge in [0.05, 0.1) is 0 Å². The van der Waals surface area contributed by atoms with Crippen molar-refractivity contribution in [2.45, 2.75) is 33.6 Å². The lowest BCUT2D eigenvalue weighted by molar-refractivity contribution is -0.147. The number of anilines is 1. The Labute approximate surface area is 140 Å². The Morgan fingerprint density at radius 1 is 1.27 bits per heavy atom. The number of piperidine rings is 1. The van der Waals surface area contributed by atoms with Gasteiger partial charge in [0.25, 0.3) is 0 Å². The minimum absolute atomic E-state index is 0.0892. The molecular weight excluding hydrogens is 344 g/mol. The van der Waals surface area contributed by atoms with Crippen molar-refractivity contribution < 1.29 is 9.59 Å². The first-order chi connectivity index (χ1) is 10.3. The van der Waals surface area contributed by atoms with Crippen molar-refractivity contribution >= 4 is 33.4 Å². The zero-order valence-corrected chi connectivity index (χ0v) is 14.9. The third kappa shape index (κ3) is 3.88. The van der Waals surface area contributed by atoms with Crippen molar-refractivity contribution in [1.29, 1.82) is 0 Å². The predicted octanol–water partition coefficient (Wildman–Crippen LogP) is 3.67. The van der Waals surface area contributed by atoms with Crippen molar-refractivity contribution in [1.82, 2.24) is 4.90 Å². The van der Waals surface area contributed by atoms with E-state index in [2.05, 4.69) is 28.2 Å². The molecule has 1 aliphatic rings. The van der Waals surface area contributed by atoms with Gasteiger partial charge in [0.15, 0.2) is 0 Å². The summed E-state index contributed by atoms with van der Waals surface area (Å²) in [6, 6.07) is 7.34. The topological polar surface area (TPSA) is 49.4 Å². The molecular formula is C17H23BrN2O2. The predicted molar refractivity (Wildman–Crippen MR) is 91.5 cm³/mol. The molecule has 22 heavy (non-hydrogen) atoms. The summed E-state index contributed by atoms with van der Waals surface area (Å²) in [6.07, 6.45) is 2.16. The molecule has 1 heterocycles. The first-order valence-corrected chi connectivity index (χ1v) is 8.46. The summed E-state index contributed by atoms with van der Waals surface area (Å²) >= 11 is 3.36. The van der Waals surface area contributed by atoms with E-state index in [1.54, 1.807) is 13.8 Å². The van der Waals surface area contributed by atoms with Gasteiger partial charge in [-0.05, 0) is 56.9 Å². The van der Waals surface area contributed by atoms with Crippen LogP contribution in [0.1, 0.15) is 33.6 Å². The molecule has 2 rings (SSSR count). The Balaban J connectivity index is 2.05. The van der Waals surface area contributed by atoms with Gasteiger partial charge in [-0.2, -0.15) is 0 Å². The molecule has 0 saturated carbocycles. The Bertz CT molecular complexity index is 554. The molecule has 0 aliphatic carbocycles. The molecule has 1 aliphatic heterocycles. The van der Waals surface area contributed by atoms with Gasteiger partial charge in [0.1, 0.15) is 5.41 Å². The fourth-order valence-electron chi connectivity index (χ4n) is 2.69. The minimum Gasteiger partial charge on any atom is -0.342 e. The van der Waals surface area contributed by atoms with E-state index >= 15 is 0 Å². The van der Waals surface area contributed by atoms with E-state index < -0.39 is 5.41 Å². The van der Waals surface area contributed by atoms with Gasteiger partial charge in [-0.15, -0.1) is 0 Å². The molecule has 2 amide bonds. The maximum absolute atomic E-state index is 12.7. The van der Waals surface area contributed by atoms with Gasteiger partial charge in [-0.25, -0.2) is 0 Å². The number of carbonyl (C=O) groups is 2. The summed E-state index contributed by atoms with van der Waals surface area (Å²) in [5.41, 5.74) is -0.370. The third-order valence-electron chi connectivity index (χ3n) is 4.15. The van der Waals surface area contributed by atoms with Gasteiger partial charge in [0, 0.05) is 23.2 Å². The van der Waals surface area contributed by atoms with E-state index in [1.165, 1.54) is 0 Å². The number of halogens is 1. The standard InChI is InChI=1S/C17H23BrN2O2/c1-12-5-4-10-20(11-12)16(22)17(2,3)15(21)19-14-8-6-13(18)7-9-14/h6-9,12H,4-5,10-11H2,1-3H3,(H,19,21). The Kier molecular flexibility index (Phi) is 5.27. The van der Waals surface area contributed by atoms with Crippen LogP contribution in [0.5, 0.6) is 0 Å². The summed E-state index contributed by atoms with van der Waals surface area (Å²) in [7, 11) is 0. The van der Waals surface area contributed by atoms with Crippen LogP contribution in [0.15, 0.2) is 28.7 Å². The van der Waals surface area contributed by atoms with E-state index in [9.17, 15) is 9.59 Å². The number of carbonyl (C=O) groups excluding carboxylic acids is 2. The molecule has 0 aromatic heterocycles. The number of hydrogen-bond acceptors (Lipinski definition) is 2. The van der Waals surface area contributed by atoms with Crippen LogP contribution in [-0.2, 0) is 9.59 Å². The van der Waals surface area contributed by atoms with Gasteiger partial charge < -0.3 is 10.2 Å². The maximum atomic E-state index is 12.7. The number of benzene rings is 1. The zero-order chi connectivity index (χ0) is 16.3. The van der Waals surface area contributed by atoms with Crippen LogP contribution >= 0.6 is 15.9 Å². The summed E-state index contributed by atoms with van der Waals surface area (Å²) < 4.78 is 0.947. The third-order valence-corrected chi connectivity index (χ3v) is 4.68. The van der Waals surface area contributed by atoms with Crippen LogP contribution in [-0.4, -0.2) is 29.8 Å². The number of likely N-dealkylation sites (tertiary alicyclic amines) is 1. The fourth-order valence-corrected chi connectivity index (χ4v) is 2.95. The normalized spacial score (nSPS) is 18.9. The number of hydrogen-bond donors (Lipinski definition) is 1. The lowest BCUT2D eigenvalue weighted by Gasteiger charge is -2.36. The highest BCUT2D eigenvalue weighted by atomic mass is 79.9. The van der Waals surface area contributed by atoms with Crippen molar-refractivity contribution in [2.75, 3.05) is 18.4 Å². The highest BCUT2D eigenvalue weighted by molar-refractivity contribution is 9.10. The number of nitrogens with one attached hydrogen (secondary N) is 1. The second-order valence-electron chi connectivity index (χ2n) is 6.58. The molecule has 0 spiro atoms. The SMILES string of the molecule is CC1CCCN(C(=O)C(C)(C)C(=O)Nc2ccc(Br)cc2)C1. The summed E-state index contributed by atoms with van der Waals surface area (Å²) in [4.78, 5) is 27.1. The molecule has 1 saturated heterocycles. The number of rotatable bonds is 3. The quantitative estimate of drug-likeness (QED) is 0.829. The van der Waals surface area contributed by atoms with E-state index in [1.807, 2.05) is 29.2 Å². The Morgan fingerprint density at radius 3 is 2.50 bits per heavy atom. The lowest BCUT2D eigenvalue weighted by atomic mass is 9.88. The zero-order valence-electron chi connectivity index (χ0n) is 13.4. The smallest absolute Gasteiger partial charge is 0.239 e. The molecule has 0 radical (unpaired) electrons. The molecule has 0 bridgehead atoms. The van der Waals surface area contributed by atoms with Crippen molar-refractivity contribution in [3.8, 4) is 0 Å². The molecule has 1 atom stereocenters. The molecule has 4 nitrogen and oxygen atoms in total. The average Bonchev–Trinajstić information content (AvgIpc) is 2.48. The Hall–Kier alpha value is -1.36. The van der Waals surface area contributed by atoms with Crippen LogP contribution in [0.4, 0.5) is 5.69 Å². The second kappa shape index (κ2) is 6.82. The van der Waals surface area contributed by atoms with E-state index in [-0.39, 0.29) is 11.8 Å². The molecule has 1 N–H and O–H groups in total. The van der Waals surface area contributed by atoms with Gasteiger partial charge in [-0.3, -0.25) is 9.59 Å². The van der Waals surface area contributed by atoms with E-state index in [0.29, 0.717) is 11.6 Å². The second-order valence-corrected chi connectivity index (χ2v) is 7.50. The number of amides is 2. The van der Waals surface area contributed by atoms with Gasteiger partial charge in [-0.1, -0.05) is 22.9 Å². The maximum Gasteiger partial charge on any atom is 0.239 e. The Morgan fingerprint density at radius 2 is 1.91 bits per heavy atom. The summed E-state index contributed by atoms with van der Waals surface area (Å²) in [5.74, 6) is 0.148. The monoisotopic (exact) mass is 366 g/mol. The van der Waals surface area contributed by atoms with Gasteiger partial charge in [0.2, 0.25) is 11.8 Å². The molecule has 120 valence electrons. The van der Waals surface area contributed by atoms with Crippen molar-refractivity contribution in [2.24, 2.45) is 11.3 Å². The fraction of sp³-hybridized carbons (Fsp3) is 0.529. The summed E-state index contributed by atoms with van der Waals surface area (Å²) in [6.45, 7) is 7.03. The van der Waals surface area contributed by atoms with Crippen molar-refractivity contribution in [3.05, 3.63) is 28.7 Å². The van der Waals surface area contributed by atoms with Crippen LogP contribution in [0.25, 0.3) is 0 Å². The summed E-state index contributed by atoms with van der Waals surface area (Å²) in [5, 5.41) is 2.83. The van der Waals surface area contributed by atoms with Crippen molar-refractivity contribution in [3.63, 3.8) is 0 Å². The molecule has 1 aromatic carbocycles. The molecule has 1 aromatic rings. The lowest BCUT2D eigenvalue weighted by Crippen LogP contribution is -2.50. The molecule has 1 unspecified atom stereocenters. The van der Waals surface area contributed by atoms with Gasteiger partial charge >= 0.3 is 0 Å². The molecule has 5 heteroatoms.